The van der Waals surface area contributed by atoms with Gasteiger partial charge in [0.25, 0.3) is 0 Å². The van der Waals surface area contributed by atoms with Gasteiger partial charge in [-0.3, -0.25) is 9.69 Å². The Morgan fingerprint density at radius 3 is 2.78 bits per heavy atom. The molecule has 2 N–H and O–H groups in total. The first-order chi connectivity index (χ1) is 11.1. The third-order valence-corrected chi connectivity index (χ3v) is 5.35. The maximum absolute atomic E-state index is 13.9. The molecule has 1 heterocycles. The van der Waals surface area contributed by atoms with Crippen LogP contribution in [-0.4, -0.2) is 41.7 Å². The Hall–Kier alpha value is -1.17. The summed E-state index contributed by atoms with van der Waals surface area (Å²) in [6, 6.07) is 4.58. The molecule has 23 heavy (non-hydrogen) atoms. The van der Waals surface area contributed by atoms with Crippen molar-refractivity contribution in [2.24, 2.45) is 11.8 Å². The molecule has 0 aromatic heterocycles. The predicted molar refractivity (Wildman–Crippen MR) is 86.5 cm³/mol. The number of carbonyl (C=O) groups excluding carboxylic acids is 1. The second-order valence-electron chi connectivity index (χ2n) is 6.58. The number of benzene rings is 1. The lowest BCUT2D eigenvalue weighted by Crippen LogP contribution is -2.45. The minimum absolute atomic E-state index is 0.0110. The summed E-state index contributed by atoms with van der Waals surface area (Å²) < 4.78 is 13.9. The van der Waals surface area contributed by atoms with Gasteiger partial charge in [0.1, 0.15) is 5.82 Å². The van der Waals surface area contributed by atoms with Crippen molar-refractivity contribution in [1.82, 2.24) is 10.2 Å². The highest BCUT2D eigenvalue weighted by molar-refractivity contribution is 6.31. The molecule has 2 fully saturated rings. The SMILES string of the molecule is O=C(N[C@@H]1CN(Cc2c(F)cccc2Cl)C[C@H]1CO)C1CCC1. The Kier molecular flexibility index (Phi) is 5.19. The van der Waals surface area contributed by atoms with Gasteiger partial charge in [-0.25, -0.2) is 4.39 Å². The zero-order valence-electron chi connectivity index (χ0n) is 13.0. The lowest BCUT2D eigenvalue weighted by molar-refractivity contribution is -0.128. The Bertz CT molecular complexity index is 559. The van der Waals surface area contributed by atoms with E-state index in [-0.39, 0.29) is 36.2 Å². The maximum atomic E-state index is 13.9. The first-order valence-electron chi connectivity index (χ1n) is 8.15. The monoisotopic (exact) mass is 340 g/mol. The molecule has 1 aromatic rings. The molecule has 0 unspecified atom stereocenters. The summed E-state index contributed by atoms with van der Waals surface area (Å²) in [6.45, 7) is 1.63. The zero-order valence-corrected chi connectivity index (χ0v) is 13.7. The van der Waals surface area contributed by atoms with E-state index in [1.165, 1.54) is 6.07 Å². The van der Waals surface area contributed by atoms with Crippen molar-refractivity contribution in [1.29, 1.82) is 0 Å². The quantitative estimate of drug-likeness (QED) is 0.864. The molecule has 0 bridgehead atoms. The third-order valence-electron chi connectivity index (χ3n) is 5.00. The van der Waals surface area contributed by atoms with Gasteiger partial charge < -0.3 is 10.4 Å². The van der Waals surface area contributed by atoms with Crippen LogP contribution in [0.3, 0.4) is 0 Å². The second kappa shape index (κ2) is 7.16. The molecule has 1 saturated heterocycles. The number of rotatable bonds is 5. The van der Waals surface area contributed by atoms with Gasteiger partial charge in [-0.2, -0.15) is 0 Å². The van der Waals surface area contributed by atoms with E-state index in [9.17, 15) is 14.3 Å². The summed E-state index contributed by atoms with van der Waals surface area (Å²) >= 11 is 6.08. The normalized spacial score (nSPS) is 25.3. The standard InChI is InChI=1S/C17H22ClFN2O2/c18-14-5-2-6-15(19)13(14)8-21-7-12(10-22)16(9-21)20-17(23)11-3-1-4-11/h2,5-6,11-12,16,22H,1,3-4,7-10H2,(H,20,23)/t12-,16+/m0/s1. The van der Waals surface area contributed by atoms with E-state index in [2.05, 4.69) is 5.32 Å². The van der Waals surface area contributed by atoms with Crippen molar-refractivity contribution in [3.8, 4) is 0 Å². The van der Waals surface area contributed by atoms with Gasteiger partial charge in [0.05, 0.1) is 0 Å². The average Bonchev–Trinajstić information content (AvgIpc) is 2.83. The lowest BCUT2D eigenvalue weighted by atomic mass is 9.84. The van der Waals surface area contributed by atoms with Gasteiger partial charge in [0, 0.05) is 54.7 Å². The van der Waals surface area contributed by atoms with Gasteiger partial charge in [-0.15, -0.1) is 0 Å². The fourth-order valence-corrected chi connectivity index (χ4v) is 3.54. The van der Waals surface area contributed by atoms with Crippen molar-refractivity contribution in [3.05, 3.63) is 34.6 Å². The maximum Gasteiger partial charge on any atom is 0.223 e. The predicted octanol–water partition coefficient (Wildman–Crippen LogP) is 2.19. The van der Waals surface area contributed by atoms with Crippen LogP contribution in [0, 0.1) is 17.7 Å². The van der Waals surface area contributed by atoms with E-state index in [4.69, 9.17) is 11.6 Å². The van der Waals surface area contributed by atoms with Gasteiger partial charge >= 0.3 is 0 Å². The minimum atomic E-state index is -0.319. The molecule has 1 saturated carbocycles. The number of hydrogen-bond donors (Lipinski definition) is 2. The topological polar surface area (TPSA) is 52.6 Å². The van der Waals surface area contributed by atoms with E-state index in [0.717, 1.165) is 19.3 Å². The summed E-state index contributed by atoms with van der Waals surface area (Å²) in [6.07, 6.45) is 3.03. The fourth-order valence-electron chi connectivity index (χ4n) is 3.32. The molecule has 2 aliphatic rings. The number of aliphatic hydroxyl groups excluding tert-OH is 1. The molecule has 1 aliphatic carbocycles. The van der Waals surface area contributed by atoms with Crippen LogP contribution < -0.4 is 5.32 Å². The average molecular weight is 341 g/mol. The molecule has 0 spiro atoms. The number of amides is 1. The van der Waals surface area contributed by atoms with Gasteiger partial charge in [-0.05, 0) is 25.0 Å². The molecule has 2 atom stereocenters. The van der Waals surface area contributed by atoms with Gasteiger partial charge in [0.2, 0.25) is 5.91 Å². The minimum Gasteiger partial charge on any atom is -0.396 e. The van der Waals surface area contributed by atoms with Crippen LogP contribution in [-0.2, 0) is 11.3 Å². The van der Waals surface area contributed by atoms with E-state index in [0.29, 0.717) is 30.2 Å². The molecular weight excluding hydrogens is 319 g/mol. The number of likely N-dealkylation sites (tertiary alicyclic amines) is 1. The van der Waals surface area contributed by atoms with E-state index < -0.39 is 0 Å². The lowest BCUT2D eigenvalue weighted by Gasteiger charge is -2.27. The van der Waals surface area contributed by atoms with E-state index >= 15 is 0 Å². The van der Waals surface area contributed by atoms with Gasteiger partial charge in [0.15, 0.2) is 0 Å². The van der Waals surface area contributed by atoms with Crippen LogP contribution in [0.25, 0.3) is 0 Å². The smallest absolute Gasteiger partial charge is 0.223 e. The zero-order chi connectivity index (χ0) is 16.4. The molecule has 6 heteroatoms. The molecule has 3 rings (SSSR count). The van der Waals surface area contributed by atoms with Crippen LogP contribution >= 0.6 is 11.6 Å². The summed E-state index contributed by atoms with van der Waals surface area (Å²) in [5.74, 6) is -0.126. The van der Waals surface area contributed by atoms with Crippen LogP contribution in [0.2, 0.25) is 5.02 Å². The number of carbonyl (C=O) groups is 1. The summed E-state index contributed by atoms with van der Waals surface area (Å²) in [4.78, 5) is 14.2. The Balaban J connectivity index is 1.63. The number of halogens is 2. The Morgan fingerprint density at radius 1 is 1.39 bits per heavy atom. The van der Waals surface area contributed by atoms with Crippen LogP contribution in [0.4, 0.5) is 4.39 Å². The molecule has 126 valence electrons. The molecule has 4 nitrogen and oxygen atoms in total. The van der Waals surface area contributed by atoms with Crippen LogP contribution in [0.1, 0.15) is 24.8 Å². The first-order valence-corrected chi connectivity index (χ1v) is 8.52. The fraction of sp³-hybridized carbons (Fsp3) is 0.588. The third kappa shape index (κ3) is 3.67. The van der Waals surface area contributed by atoms with E-state index in [1.807, 2.05) is 4.90 Å². The Morgan fingerprint density at radius 2 is 2.17 bits per heavy atom. The van der Waals surface area contributed by atoms with Gasteiger partial charge in [-0.1, -0.05) is 24.1 Å². The highest BCUT2D eigenvalue weighted by Gasteiger charge is 2.36. The number of nitrogens with one attached hydrogen (secondary N) is 1. The highest BCUT2D eigenvalue weighted by atomic mass is 35.5. The molecule has 1 aromatic carbocycles. The summed E-state index contributed by atoms with van der Waals surface area (Å²) in [5.41, 5.74) is 0.469. The molecule has 1 aliphatic heterocycles. The Labute approximate surface area is 140 Å². The first kappa shape index (κ1) is 16.7. The summed E-state index contributed by atoms with van der Waals surface area (Å²) in [7, 11) is 0. The van der Waals surface area contributed by atoms with Crippen molar-refractivity contribution >= 4 is 17.5 Å². The van der Waals surface area contributed by atoms with Crippen LogP contribution in [0.5, 0.6) is 0 Å². The number of aliphatic hydroxyl groups is 1. The largest absolute Gasteiger partial charge is 0.396 e. The summed E-state index contributed by atoms with van der Waals surface area (Å²) in [5, 5.41) is 13.0. The second-order valence-corrected chi connectivity index (χ2v) is 6.99. The molecular formula is C17H22ClFN2O2. The van der Waals surface area contributed by atoms with Crippen molar-refractivity contribution in [3.63, 3.8) is 0 Å². The number of nitrogens with zero attached hydrogens (tertiary/aromatic N) is 1. The number of hydrogen-bond acceptors (Lipinski definition) is 3. The molecule has 0 radical (unpaired) electrons. The van der Waals surface area contributed by atoms with E-state index in [1.54, 1.807) is 12.1 Å². The van der Waals surface area contributed by atoms with Crippen molar-refractivity contribution in [2.75, 3.05) is 19.7 Å². The van der Waals surface area contributed by atoms with Crippen molar-refractivity contribution < 1.29 is 14.3 Å². The highest BCUT2D eigenvalue weighted by Crippen LogP contribution is 2.28. The van der Waals surface area contributed by atoms with Crippen LogP contribution in [0.15, 0.2) is 18.2 Å². The van der Waals surface area contributed by atoms with Crippen molar-refractivity contribution in [2.45, 2.75) is 31.8 Å². The molecule has 1 amide bonds.